The summed E-state index contributed by atoms with van der Waals surface area (Å²) < 4.78 is 6.75. The third-order valence-corrected chi connectivity index (χ3v) is 5.49. The average Bonchev–Trinajstić information content (AvgIpc) is 3.14. The number of rotatable bonds is 2. The number of aliphatic hydroxyl groups is 1. The van der Waals surface area contributed by atoms with E-state index in [-0.39, 0.29) is 0 Å². The van der Waals surface area contributed by atoms with Crippen molar-refractivity contribution in [2.45, 2.75) is 23.7 Å². The second-order valence-electron chi connectivity index (χ2n) is 6.66. The standard InChI is InChI=1S/C22H18O2/c23-20-15-21(16-9-3-1-4-10-16)18-13-7-8-14-19(18)22(20,24-21)17-11-5-2-6-12-17/h1-14,20,23H,15H2/t20-,21+,22+/m1/s1. The first kappa shape index (κ1) is 14.0. The zero-order chi connectivity index (χ0) is 16.2. The molecule has 0 aliphatic carbocycles. The number of hydrogen-bond acceptors (Lipinski definition) is 2. The van der Waals surface area contributed by atoms with Crippen LogP contribution in [-0.2, 0) is 15.9 Å². The van der Waals surface area contributed by atoms with Gasteiger partial charge in [0.25, 0.3) is 0 Å². The molecule has 3 aromatic rings. The van der Waals surface area contributed by atoms with Crippen LogP contribution in [0, 0.1) is 0 Å². The summed E-state index contributed by atoms with van der Waals surface area (Å²) in [5.41, 5.74) is 3.01. The Morgan fingerprint density at radius 1 is 0.708 bits per heavy atom. The normalized spacial score (nSPS) is 30.3. The molecule has 2 bridgehead atoms. The quantitative estimate of drug-likeness (QED) is 0.775. The van der Waals surface area contributed by atoms with Crippen LogP contribution in [0.1, 0.15) is 28.7 Å². The van der Waals surface area contributed by atoms with Gasteiger partial charge in [-0.05, 0) is 22.3 Å². The van der Waals surface area contributed by atoms with Gasteiger partial charge in [0, 0.05) is 6.42 Å². The molecule has 2 aliphatic heterocycles. The Balaban J connectivity index is 1.81. The number of aliphatic hydroxyl groups excluding tert-OH is 1. The maximum Gasteiger partial charge on any atom is 0.146 e. The van der Waals surface area contributed by atoms with Crippen LogP contribution in [0.25, 0.3) is 0 Å². The van der Waals surface area contributed by atoms with Gasteiger partial charge in [-0.1, -0.05) is 84.9 Å². The fourth-order valence-electron chi connectivity index (χ4n) is 4.49. The fourth-order valence-corrected chi connectivity index (χ4v) is 4.49. The van der Waals surface area contributed by atoms with Gasteiger partial charge in [0.15, 0.2) is 0 Å². The molecule has 2 aliphatic rings. The summed E-state index contributed by atoms with van der Waals surface area (Å²) in [6, 6.07) is 28.7. The van der Waals surface area contributed by atoms with Crippen molar-refractivity contribution in [3.63, 3.8) is 0 Å². The van der Waals surface area contributed by atoms with E-state index < -0.39 is 17.3 Å². The average molecular weight is 314 g/mol. The molecule has 0 radical (unpaired) electrons. The molecule has 1 N–H and O–H groups in total. The van der Waals surface area contributed by atoms with E-state index in [0.717, 1.165) is 16.7 Å². The molecule has 1 fully saturated rings. The van der Waals surface area contributed by atoms with Gasteiger partial charge in [-0.2, -0.15) is 0 Å². The van der Waals surface area contributed by atoms with Crippen LogP contribution in [0.2, 0.25) is 0 Å². The Morgan fingerprint density at radius 3 is 1.92 bits per heavy atom. The first-order valence-corrected chi connectivity index (χ1v) is 8.37. The SMILES string of the molecule is O[C@@H]1C[C@@]2(c3ccccc3)O[C@@]1(c1ccccc1)c1ccccc12. The first-order chi connectivity index (χ1) is 11.8. The Hall–Kier alpha value is -2.42. The van der Waals surface area contributed by atoms with Gasteiger partial charge in [0.05, 0.1) is 6.10 Å². The van der Waals surface area contributed by atoms with Crippen molar-refractivity contribution < 1.29 is 9.84 Å². The number of benzene rings is 3. The Bertz CT molecular complexity index is 890. The summed E-state index contributed by atoms with van der Waals surface area (Å²) in [7, 11) is 0. The third-order valence-electron chi connectivity index (χ3n) is 5.49. The van der Waals surface area contributed by atoms with E-state index in [1.807, 2.05) is 54.6 Å². The predicted molar refractivity (Wildman–Crippen MR) is 92.6 cm³/mol. The van der Waals surface area contributed by atoms with Crippen molar-refractivity contribution in [2.75, 3.05) is 0 Å². The maximum atomic E-state index is 11.1. The largest absolute Gasteiger partial charge is 0.389 e. The molecule has 0 aromatic heterocycles. The molecule has 0 spiro atoms. The molecular formula is C22H18O2. The molecular weight excluding hydrogens is 296 g/mol. The summed E-state index contributed by atoms with van der Waals surface area (Å²) in [5, 5.41) is 11.1. The van der Waals surface area contributed by atoms with Crippen LogP contribution in [0.5, 0.6) is 0 Å². The topological polar surface area (TPSA) is 29.5 Å². The van der Waals surface area contributed by atoms with Gasteiger partial charge in [0.2, 0.25) is 0 Å². The van der Waals surface area contributed by atoms with E-state index in [2.05, 4.69) is 30.3 Å². The van der Waals surface area contributed by atoms with E-state index in [1.165, 1.54) is 5.56 Å². The molecule has 24 heavy (non-hydrogen) atoms. The van der Waals surface area contributed by atoms with Crippen molar-refractivity contribution in [1.82, 2.24) is 0 Å². The minimum atomic E-state index is -0.784. The molecule has 3 aromatic carbocycles. The Kier molecular flexibility index (Phi) is 2.79. The van der Waals surface area contributed by atoms with Crippen LogP contribution in [0.15, 0.2) is 84.9 Å². The van der Waals surface area contributed by atoms with E-state index >= 15 is 0 Å². The van der Waals surface area contributed by atoms with E-state index in [4.69, 9.17) is 4.74 Å². The highest BCUT2D eigenvalue weighted by atomic mass is 16.6. The molecule has 2 heterocycles. The summed E-state index contributed by atoms with van der Waals surface area (Å²) in [5.74, 6) is 0. The zero-order valence-corrected chi connectivity index (χ0v) is 13.2. The van der Waals surface area contributed by atoms with Crippen molar-refractivity contribution in [2.24, 2.45) is 0 Å². The summed E-state index contributed by atoms with van der Waals surface area (Å²) in [4.78, 5) is 0. The highest BCUT2D eigenvalue weighted by Gasteiger charge is 2.65. The number of hydrogen-bond donors (Lipinski definition) is 1. The lowest BCUT2D eigenvalue weighted by Crippen LogP contribution is -2.37. The highest BCUT2D eigenvalue weighted by Crippen LogP contribution is 2.63. The smallest absolute Gasteiger partial charge is 0.146 e. The lowest BCUT2D eigenvalue weighted by Gasteiger charge is -2.32. The van der Waals surface area contributed by atoms with Crippen LogP contribution in [0.4, 0.5) is 0 Å². The molecule has 1 saturated heterocycles. The van der Waals surface area contributed by atoms with Gasteiger partial charge >= 0.3 is 0 Å². The van der Waals surface area contributed by atoms with Gasteiger partial charge in [-0.3, -0.25) is 0 Å². The first-order valence-electron chi connectivity index (χ1n) is 8.37. The molecule has 2 heteroatoms. The van der Waals surface area contributed by atoms with Crippen LogP contribution < -0.4 is 0 Å². The van der Waals surface area contributed by atoms with Crippen molar-refractivity contribution in [3.05, 3.63) is 107 Å². The Morgan fingerprint density at radius 2 is 1.25 bits per heavy atom. The molecule has 5 rings (SSSR count). The maximum absolute atomic E-state index is 11.1. The van der Waals surface area contributed by atoms with Gasteiger partial charge in [-0.25, -0.2) is 0 Å². The molecule has 0 amide bonds. The predicted octanol–water partition coefficient (Wildman–Crippen LogP) is 3.97. The van der Waals surface area contributed by atoms with Gasteiger partial charge in [0.1, 0.15) is 11.2 Å². The second kappa shape index (κ2) is 4.79. The van der Waals surface area contributed by atoms with Gasteiger partial charge in [-0.15, -0.1) is 0 Å². The molecule has 118 valence electrons. The second-order valence-corrected chi connectivity index (χ2v) is 6.66. The molecule has 0 unspecified atom stereocenters. The molecule has 0 saturated carbocycles. The minimum Gasteiger partial charge on any atom is -0.389 e. The monoisotopic (exact) mass is 314 g/mol. The highest BCUT2D eigenvalue weighted by molar-refractivity contribution is 5.56. The third kappa shape index (κ3) is 1.57. The fraction of sp³-hybridized carbons (Fsp3) is 0.182. The lowest BCUT2D eigenvalue weighted by atomic mass is 9.70. The Labute approximate surface area is 141 Å². The van der Waals surface area contributed by atoms with Crippen LogP contribution >= 0.6 is 0 Å². The molecule has 2 nitrogen and oxygen atoms in total. The zero-order valence-electron chi connectivity index (χ0n) is 13.2. The van der Waals surface area contributed by atoms with Crippen LogP contribution in [-0.4, -0.2) is 11.2 Å². The van der Waals surface area contributed by atoms with Crippen molar-refractivity contribution in [1.29, 1.82) is 0 Å². The minimum absolute atomic E-state index is 0.572. The van der Waals surface area contributed by atoms with Crippen molar-refractivity contribution >= 4 is 0 Å². The molecule has 3 atom stereocenters. The van der Waals surface area contributed by atoms with E-state index in [1.54, 1.807) is 0 Å². The van der Waals surface area contributed by atoms with E-state index in [0.29, 0.717) is 6.42 Å². The lowest BCUT2D eigenvalue weighted by molar-refractivity contribution is -0.0682. The number of ether oxygens (including phenoxy) is 1. The van der Waals surface area contributed by atoms with Crippen molar-refractivity contribution in [3.8, 4) is 0 Å². The summed E-state index contributed by atoms with van der Waals surface area (Å²) >= 11 is 0. The number of fused-ring (bicyclic) bond motifs is 5. The summed E-state index contributed by atoms with van der Waals surface area (Å²) in [6.45, 7) is 0. The van der Waals surface area contributed by atoms with Crippen LogP contribution in [0.3, 0.4) is 0 Å². The van der Waals surface area contributed by atoms with E-state index in [9.17, 15) is 5.11 Å². The van der Waals surface area contributed by atoms with Gasteiger partial charge < -0.3 is 9.84 Å². The summed E-state index contributed by atoms with van der Waals surface area (Å²) in [6.07, 6.45) is -0.00173.